The Labute approximate surface area is 130 Å². The fourth-order valence-electron chi connectivity index (χ4n) is 1.37. The van der Waals surface area contributed by atoms with Crippen LogP contribution < -0.4 is 5.48 Å². The number of carbonyl (C=O) groups is 1. The van der Waals surface area contributed by atoms with E-state index in [1.807, 2.05) is 12.4 Å². The zero-order valence-corrected chi connectivity index (χ0v) is 13.9. The van der Waals surface area contributed by atoms with E-state index in [1.54, 1.807) is 32.9 Å². The highest BCUT2D eigenvalue weighted by Crippen LogP contribution is 2.12. The van der Waals surface area contributed by atoms with Gasteiger partial charge < -0.3 is 4.74 Å². The van der Waals surface area contributed by atoms with E-state index < -0.39 is 21.8 Å². The Morgan fingerprint density at radius 2 is 1.73 bits per heavy atom. The second-order valence-corrected chi connectivity index (χ2v) is 7.16. The van der Waals surface area contributed by atoms with E-state index in [0.29, 0.717) is 0 Å². The average Bonchev–Trinajstić information content (AvgIpc) is 2.36. The van der Waals surface area contributed by atoms with Crippen LogP contribution in [0.25, 0.3) is 0 Å². The second-order valence-electron chi connectivity index (χ2n) is 5.54. The number of amides is 1. The summed E-state index contributed by atoms with van der Waals surface area (Å²) in [5.41, 5.74) is 2.34. The number of hydrogen-bond donors (Lipinski definition) is 1. The van der Waals surface area contributed by atoms with Gasteiger partial charge in [0.05, 0.1) is 18.1 Å². The molecule has 7 nitrogen and oxygen atoms in total. The van der Waals surface area contributed by atoms with Gasteiger partial charge in [0.1, 0.15) is 5.60 Å². The van der Waals surface area contributed by atoms with Gasteiger partial charge in [0.2, 0.25) is 0 Å². The maximum Gasteiger partial charge on any atom is 0.431 e. The van der Waals surface area contributed by atoms with Crippen LogP contribution in [-0.4, -0.2) is 33.3 Å². The number of carbonyl (C=O) groups excluding carboxylic acids is 1. The van der Waals surface area contributed by atoms with Crippen molar-refractivity contribution in [1.82, 2.24) is 5.48 Å². The molecular weight excluding hydrogens is 310 g/mol. The molecule has 0 aliphatic carbocycles. The smallest absolute Gasteiger partial charge is 0.431 e. The van der Waals surface area contributed by atoms with E-state index in [4.69, 9.17) is 13.8 Å². The van der Waals surface area contributed by atoms with Crippen LogP contribution in [0.3, 0.4) is 0 Å². The molecule has 0 spiro atoms. The van der Waals surface area contributed by atoms with Crippen molar-refractivity contribution in [3.63, 3.8) is 0 Å². The third-order valence-electron chi connectivity index (χ3n) is 2.29. The van der Waals surface area contributed by atoms with Crippen molar-refractivity contribution in [2.24, 2.45) is 0 Å². The maximum atomic E-state index is 11.8. The first-order valence-corrected chi connectivity index (χ1v) is 8.08. The van der Waals surface area contributed by atoms with Crippen LogP contribution in [0.1, 0.15) is 26.3 Å². The predicted molar refractivity (Wildman–Crippen MR) is 79.6 cm³/mol. The van der Waals surface area contributed by atoms with Gasteiger partial charge in [-0.2, -0.15) is 13.9 Å². The Morgan fingerprint density at radius 1 is 1.14 bits per heavy atom. The molecule has 0 aliphatic rings. The van der Waals surface area contributed by atoms with Crippen molar-refractivity contribution in [3.8, 4) is 0 Å². The second kappa shape index (κ2) is 7.57. The van der Waals surface area contributed by atoms with Gasteiger partial charge in [-0.3, -0.25) is 9.02 Å². The molecule has 0 heterocycles. The molecule has 124 valence electrons. The minimum absolute atomic E-state index is 0.0678. The van der Waals surface area contributed by atoms with Crippen molar-refractivity contribution >= 4 is 16.2 Å². The molecule has 1 amide bonds. The van der Waals surface area contributed by atoms with Crippen LogP contribution in [-0.2, 0) is 23.9 Å². The molecule has 0 saturated carbocycles. The lowest BCUT2D eigenvalue weighted by molar-refractivity contribution is -0.0139. The highest BCUT2D eigenvalue weighted by atomic mass is 32.2. The molecular formula is C14H21NO6S. The number of hydroxylamine groups is 1. The lowest BCUT2D eigenvalue weighted by Crippen LogP contribution is -2.33. The normalized spacial score (nSPS) is 12.0. The van der Waals surface area contributed by atoms with E-state index in [9.17, 15) is 13.2 Å². The van der Waals surface area contributed by atoms with Gasteiger partial charge in [-0.05, 0) is 39.8 Å². The fraction of sp³-hybridized carbons (Fsp3) is 0.500. The van der Waals surface area contributed by atoms with Gasteiger partial charge >= 0.3 is 6.09 Å². The highest BCUT2D eigenvalue weighted by molar-refractivity contribution is 7.86. The van der Waals surface area contributed by atoms with Gasteiger partial charge in [0, 0.05) is 0 Å². The minimum atomic E-state index is -3.83. The molecule has 0 aromatic heterocycles. The van der Waals surface area contributed by atoms with Crippen LogP contribution >= 0.6 is 0 Å². The molecule has 0 atom stereocenters. The van der Waals surface area contributed by atoms with Gasteiger partial charge in [-0.15, -0.1) is 0 Å². The largest absolute Gasteiger partial charge is 0.442 e. The number of nitrogens with one attached hydrogen (secondary N) is 1. The van der Waals surface area contributed by atoms with E-state index >= 15 is 0 Å². The molecule has 22 heavy (non-hydrogen) atoms. The van der Waals surface area contributed by atoms with Crippen molar-refractivity contribution in [2.75, 3.05) is 13.2 Å². The molecule has 1 N–H and O–H groups in total. The maximum absolute atomic E-state index is 11.8. The van der Waals surface area contributed by atoms with Crippen LogP contribution in [0, 0.1) is 6.92 Å². The highest BCUT2D eigenvalue weighted by Gasteiger charge is 2.17. The van der Waals surface area contributed by atoms with Crippen LogP contribution in [0.15, 0.2) is 29.2 Å². The number of hydrogen-bond acceptors (Lipinski definition) is 6. The van der Waals surface area contributed by atoms with Gasteiger partial charge in [-0.25, -0.2) is 4.79 Å². The summed E-state index contributed by atoms with van der Waals surface area (Å²) in [7, 11) is -3.83. The Kier molecular flexibility index (Phi) is 6.34. The third-order valence-corrected chi connectivity index (χ3v) is 3.61. The summed E-state index contributed by atoms with van der Waals surface area (Å²) in [5.74, 6) is 0. The Bertz CT molecular complexity index is 589. The first-order chi connectivity index (χ1) is 10.1. The Hall–Kier alpha value is -1.64. The summed E-state index contributed by atoms with van der Waals surface area (Å²) < 4.78 is 33.4. The van der Waals surface area contributed by atoms with Crippen LogP contribution in [0.2, 0.25) is 0 Å². The summed E-state index contributed by atoms with van der Waals surface area (Å²) in [4.78, 5) is 16.1. The molecule has 0 aliphatic heterocycles. The fourth-order valence-corrected chi connectivity index (χ4v) is 2.26. The predicted octanol–water partition coefficient (Wildman–Crippen LogP) is 2.16. The zero-order valence-electron chi connectivity index (χ0n) is 13.1. The number of benzene rings is 1. The summed E-state index contributed by atoms with van der Waals surface area (Å²) in [6, 6.07) is 6.28. The van der Waals surface area contributed by atoms with E-state index in [2.05, 4.69) is 0 Å². The minimum Gasteiger partial charge on any atom is -0.442 e. The van der Waals surface area contributed by atoms with Crippen LogP contribution in [0.5, 0.6) is 0 Å². The molecule has 0 saturated heterocycles. The average molecular weight is 331 g/mol. The summed E-state index contributed by atoms with van der Waals surface area (Å²) in [6.07, 6.45) is -0.756. The van der Waals surface area contributed by atoms with E-state index in [-0.39, 0.29) is 18.1 Å². The number of aryl methyl sites for hydroxylation is 1. The molecule has 0 fully saturated rings. The SMILES string of the molecule is Cc1ccc(S(=O)(=O)OCCONC(=O)OC(C)(C)C)cc1. The number of ether oxygens (including phenoxy) is 1. The van der Waals surface area contributed by atoms with Crippen molar-refractivity contribution in [2.45, 2.75) is 38.2 Å². The van der Waals surface area contributed by atoms with E-state index in [0.717, 1.165) is 5.56 Å². The molecule has 0 bridgehead atoms. The molecule has 8 heteroatoms. The topological polar surface area (TPSA) is 90.9 Å². The molecule has 1 rings (SSSR count). The van der Waals surface area contributed by atoms with Gasteiger partial charge in [-0.1, -0.05) is 17.7 Å². The van der Waals surface area contributed by atoms with Crippen LogP contribution in [0.4, 0.5) is 4.79 Å². The summed E-state index contributed by atoms with van der Waals surface area (Å²) in [5, 5.41) is 0. The first kappa shape index (κ1) is 18.4. The standard InChI is InChI=1S/C14H21NO6S/c1-11-5-7-12(8-6-11)22(17,18)20-10-9-19-15-13(16)21-14(2,3)4/h5-8H,9-10H2,1-4H3,(H,15,16). The Morgan fingerprint density at radius 3 is 2.27 bits per heavy atom. The summed E-state index contributed by atoms with van der Waals surface area (Å²) in [6.45, 7) is 6.63. The molecule has 1 aromatic rings. The van der Waals surface area contributed by atoms with Crippen molar-refractivity contribution in [1.29, 1.82) is 0 Å². The van der Waals surface area contributed by atoms with Gasteiger partial charge in [0.15, 0.2) is 0 Å². The quantitative estimate of drug-likeness (QED) is 0.488. The van der Waals surface area contributed by atoms with E-state index in [1.165, 1.54) is 12.1 Å². The molecule has 0 unspecified atom stereocenters. The molecule has 0 radical (unpaired) electrons. The third kappa shape index (κ3) is 6.88. The Balaban J connectivity index is 2.32. The lowest BCUT2D eigenvalue weighted by Gasteiger charge is -2.19. The first-order valence-electron chi connectivity index (χ1n) is 6.67. The zero-order chi connectivity index (χ0) is 16.8. The monoisotopic (exact) mass is 331 g/mol. The van der Waals surface area contributed by atoms with Crippen molar-refractivity contribution < 1.29 is 27.0 Å². The molecule has 1 aromatic carbocycles. The van der Waals surface area contributed by atoms with Gasteiger partial charge in [0.25, 0.3) is 10.1 Å². The number of rotatable bonds is 6. The van der Waals surface area contributed by atoms with Crippen molar-refractivity contribution in [3.05, 3.63) is 29.8 Å². The lowest BCUT2D eigenvalue weighted by atomic mass is 10.2. The summed E-state index contributed by atoms with van der Waals surface area (Å²) >= 11 is 0.